The standard InChI is InChI=1S/C14H21N3O4S/c1-10(12-2-4-13(5-3-12)22(15,19)20)17-14(18)16-8-11-6-7-21-9-11/h2-5,10-11H,6-9H2,1H3,(H2,15,19,20)(H2,16,17,18)/t10-,11+/m0/s1. The van der Waals surface area contributed by atoms with E-state index in [0.717, 1.165) is 18.6 Å². The van der Waals surface area contributed by atoms with Gasteiger partial charge in [-0.25, -0.2) is 18.4 Å². The zero-order valence-corrected chi connectivity index (χ0v) is 13.2. The highest BCUT2D eigenvalue weighted by Gasteiger charge is 2.17. The van der Waals surface area contributed by atoms with Crippen LogP contribution in [0.25, 0.3) is 0 Å². The van der Waals surface area contributed by atoms with Crippen molar-refractivity contribution in [2.24, 2.45) is 11.1 Å². The fourth-order valence-electron chi connectivity index (χ4n) is 2.26. The molecule has 0 aromatic heterocycles. The molecule has 122 valence electrons. The molecule has 0 spiro atoms. The van der Waals surface area contributed by atoms with E-state index in [1.54, 1.807) is 12.1 Å². The number of sulfonamides is 1. The van der Waals surface area contributed by atoms with Gasteiger partial charge in [0, 0.05) is 19.1 Å². The largest absolute Gasteiger partial charge is 0.381 e. The Labute approximate surface area is 130 Å². The van der Waals surface area contributed by atoms with Gasteiger partial charge >= 0.3 is 6.03 Å². The summed E-state index contributed by atoms with van der Waals surface area (Å²) in [6.45, 7) is 3.85. The van der Waals surface area contributed by atoms with Crippen molar-refractivity contribution in [3.05, 3.63) is 29.8 Å². The Hall–Kier alpha value is -1.64. The SMILES string of the molecule is C[C@H](NC(=O)NC[C@H]1CCOC1)c1ccc(S(N)(=O)=O)cc1. The number of urea groups is 1. The predicted octanol–water partition coefficient (Wildman–Crippen LogP) is 0.731. The van der Waals surface area contributed by atoms with Gasteiger partial charge in [-0.05, 0) is 31.0 Å². The van der Waals surface area contributed by atoms with E-state index < -0.39 is 10.0 Å². The number of rotatable bonds is 5. The maximum Gasteiger partial charge on any atom is 0.315 e. The van der Waals surface area contributed by atoms with Crippen LogP contribution in [0.4, 0.5) is 4.79 Å². The fraction of sp³-hybridized carbons (Fsp3) is 0.500. The number of primary sulfonamides is 1. The molecule has 7 nitrogen and oxygen atoms in total. The van der Waals surface area contributed by atoms with E-state index in [1.807, 2.05) is 6.92 Å². The molecule has 8 heteroatoms. The first-order valence-electron chi connectivity index (χ1n) is 7.11. The lowest BCUT2D eigenvalue weighted by molar-refractivity contribution is 0.185. The molecular formula is C14H21N3O4S. The van der Waals surface area contributed by atoms with Gasteiger partial charge in [0.1, 0.15) is 0 Å². The van der Waals surface area contributed by atoms with E-state index in [9.17, 15) is 13.2 Å². The van der Waals surface area contributed by atoms with Crippen LogP contribution in [0, 0.1) is 5.92 Å². The van der Waals surface area contributed by atoms with Gasteiger partial charge in [0.2, 0.25) is 10.0 Å². The molecule has 2 atom stereocenters. The summed E-state index contributed by atoms with van der Waals surface area (Å²) in [7, 11) is -3.70. The Morgan fingerprint density at radius 3 is 2.64 bits per heavy atom. The van der Waals surface area contributed by atoms with Gasteiger partial charge in [-0.1, -0.05) is 12.1 Å². The van der Waals surface area contributed by atoms with Gasteiger partial charge in [0.05, 0.1) is 17.5 Å². The van der Waals surface area contributed by atoms with E-state index in [4.69, 9.17) is 9.88 Å². The average molecular weight is 327 g/mol. The van der Waals surface area contributed by atoms with Gasteiger partial charge in [-0.2, -0.15) is 0 Å². The van der Waals surface area contributed by atoms with Gasteiger partial charge in [-0.3, -0.25) is 0 Å². The van der Waals surface area contributed by atoms with Crippen LogP contribution in [-0.2, 0) is 14.8 Å². The summed E-state index contributed by atoms with van der Waals surface area (Å²) in [6, 6.07) is 5.63. The van der Waals surface area contributed by atoms with Gasteiger partial charge in [0.25, 0.3) is 0 Å². The van der Waals surface area contributed by atoms with Crippen molar-refractivity contribution < 1.29 is 17.9 Å². The first kappa shape index (κ1) is 16.7. The van der Waals surface area contributed by atoms with Crippen molar-refractivity contribution in [1.29, 1.82) is 0 Å². The molecule has 2 rings (SSSR count). The lowest BCUT2D eigenvalue weighted by Crippen LogP contribution is -2.39. The zero-order chi connectivity index (χ0) is 16.2. The number of benzene rings is 1. The van der Waals surface area contributed by atoms with E-state index in [1.165, 1.54) is 12.1 Å². The van der Waals surface area contributed by atoms with E-state index in [2.05, 4.69) is 10.6 Å². The summed E-state index contributed by atoms with van der Waals surface area (Å²) in [5, 5.41) is 10.7. The first-order valence-corrected chi connectivity index (χ1v) is 8.66. The number of hydrogen-bond acceptors (Lipinski definition) is 4. The van der Waals surface area contributed by atoms with Gasteiger partial charge in [0.15, 0.2) is 0 Å². The van der Waals surface area contributed by atoms with Crippen LogP contribution in [0.5, 0.6) is 0 Å². The first-order chi connectivity index (χ1) is 10.4. The Morgan fingerprint density at radius 2 is 2.09 bits per heavy atom. The van der Waals surface area contributed by atoms with E-state index >= 15 is 0 Å². The summed E-state index contributed by atoms with van der Waals surface area (Å²) in [5.74, 6) is 0.370. The number of nitrogens with one attached hydrogen (secondary N) is 2. The lowest BCUT2D eigenvalue weighted by Gasteiger charge is -2.16. The maximum atomic E-state index is 11.8. The van der Waals surface area contributed by atoms with Crippen LogP contribution in [0.2, 0.25) is 0 Å². The molecule has 0 bridgehead atoms. The Morgan fingerprint density at radius 1 is 1.41 bits per heavy atom. The molecular weight excluding hydrogens is 306 g/mol. The van der Waals surface area contributed by atoms with Crippen molar-refractivity contribution >= 4 is 16.1 Å². The number of carbonyl (C=O) groups excluding carboxylic acids is 1. The van der Waals surface area contributed by atoms with Gasteiger partial charge in [-0.15, -0.1) is 0 Å². The molecule has 1 aromatic rings. The molecule has 2 amide bonds. The minimum atomic E-state index is -3.70. The minimum absolute atomic E-state index is 0.0501. The summed E-state index contributed by atoms with van der Waals surface area (Å²) >= 11 is 0. The molecule has 0 unspecified atom stereocenters. The number of hydrogen-bond donors (Lipinski definition) is 3. The highest BCUT2D eigenvalue weighted by molar-refractivity contribution is 7.89. The predicted molar refractivity (Wildman–Crippen MR) is 81.7 cm³/mol. The number of carbonyl (C=O) groups is 1. The molecule has 0 radical (unpaired) electrons. The maximum absolute atomic E-state index is 11.8. The second kappa shape index (κ2) is 7.08. The average Bonchev–Trinajstić information content (AvgIpc) is 2.97. The molecule has 1 aliphatic heterocycles. The summed E-state index contributed by atoms with van der Waals surface area (Å²) in [4.78, 5) is 11.9. The third-order valence-electron chi connectivity index (χ3n) is 3.63. The fourth-order valence-corrected chi connectivity index (χ4v) is 2.77. The van der Waals surface area contributed by atoms with Crippen LogP contribution in [0.15, 0.2) is 29.2 Å². The second-order valence-corrected chi connectivity index (χ2v) is 6.98. The number of nitrogens with two attached hydrogens (primary N) is 1. The Bertz CT molecular complexity index is 609. The lowest BCUT2D eigenvalue weighted by atomic mass is 10.1. The Kier molecular flexibility index (Phi) is 5.38. The third kappa shape index (κ3) is 4.69. The number of amides is 2. The van der Waals surface area contributed by atoms with Crippen LogP contribution < -0.4 is 15.8 Å². The van der Waals surface area contributed by atoms with Gasteiger partial charge < -0.3 is 15.4 Å². The molecule has 22 heavy (non-hydrogen) atoms. The minimum Gasteiger partial charge on any atom is -0.381 e. The smallest absolute Gasteiger partial charge is 0.315 e. The van der Waals surface area contributed by atoms with E-state index in [-0.39, 0.29) is 17.0 Å². The quantitative estimate of drug-likeness (QED) is 0.740. The van der Waals surface area contributed by atoms with Crippen LogP contribution in [0.3, 0.4) is 0 Å². The summed E-state index contributed by atoms with van der Waals surface area (Å²) < 4.78 is 27.6. The normalized spacial score (nSPS) is 19.6. The van der Waals surface area contributed by atoms with Crippen molar-refractivity contribution in [3.63, 3.8) is 0 Å². The molecule has 0 aliphatic carbocycles. The van der Waals surface area contributed by atoms with Crippen LogP contribution >= 0.6 is 0 Å². The second-order valence-electron chi connectivity index (χ2n) is 5.42. The van der Waals surface area contributed by atoms with Crippen molar-refractivity contribution in [3.8, 4) is 0 Å². The molecule has 0 saturated carbocycles. The topological polar surface area (TPSA) is 111 Å². The number of ether oxygens (including phenoxy) is 1. The van der Waals surface area contributed by atoms with Crippen molar-refractivity contribution in [1.82, 2.24) is 10.6 Å². The highest BCUT2D eigenvalue weighted by atomic mass is 32.2. The molecule has 1 aliphatic rings. The van der Waals surface area contributed by atoms with Crippen LogP contribution in [-0.4, -0.2) is 34.2 Å². The Balaban J connectivity index is 1.85. The summed E-state index contributed by atoms with van der Waals surface area (Å²) in [5.41, 5.74) is 0.798. The molecule has 1 saturated heterocycles. The van der Waals surface area contributed by atoms with Crippen molar-refractivity contribution in [2.75, 3.05) is 19.8 Å². The molecule has 1 aromatic carbocycles. The van der Waals surface area contributed by atoms with Crippen molar-refractivity contribution in [2.45, 2.75) is 24.3 Å². The highest BCUT2D eigenvalue weighted by Crippen LogP contribution is 2.15. The summed E-state index contributed by atoms with van der Waals surface area (Å²) in [6.07, 6.45) is 0.963. The van der Waals surface area contributed by atoms with E-state index in [0.29, 0.717) is 19.1 Å². The molecule has 1 fully saturated rings. The molecule has 1 heterocycles. The zero-order valence-electron chi connectivity index (χ0n) is 12.4. The monoisotopic (exact) mass is 327 g/mol. The van der Waals surface area contributed by atoms with Crippen LogP contribution in [0.1, 0.15) is 24.9 Å². The third-order valence-corrected chi connectivity index (χ3v) is 4.56. The molecule has 4 N–H and O–H groups in total.